The molecule has 126 valence electrons. The highest BCUT2D eigenvalue weighted by Crippen LogP contribution is 2.35. The van der Waals surface area contributed by atoms with E-state index in [4.69, 9.17) is 0 Å². The van der Waals surface area contributed by atoms with E-state index < -0.39 is 10.6 Å². The van der Waals surface area contributed by atoms with Gasteiger partial charge in [0.25, 0.3) is 0 Å². The summed E-state index contributed by atoms with van der Waals surface area (Å²) in [6, 6.07) is 8.12. The first-order chi connectivity index (χ1) is 10.8. The van der Waals surface area contributed by atoms with Gasteiger partial charge in [0, 0.05) is 18.1 Å². The molecule has 1 aliphatic heterocycles. The standard InChI is InChI=1S/C18H25NO3S/c1-12-4-6-15(7-5-12)9-16-8-14(3)19(10-16,18(21)22)17(20)13(2)11-23/h4-7,13-14,16H,8-11H2,1-3H3,(H-,21,22,23)/p+1/t13?,14?,16-,19+/m1/s1. The first-order valence-corrected chi connectivity index (χ1v) is 8.76. The molecule has 0 saturated carbocycles. The van der Waals surface area contributed by atoms with Crippen LogP contribution in [0.25, 0.3) is 0 Å². The lowest BCUT2D eigenvalue weighted by Gasteiger charge is -2.31. The zero-order valence-electron chi connectivity index (χ0n) is 14.0. The van der Waals surface area contributed by atoms with E-state index in [9.17, 15) is 14.7 Å². The van der Waals surface area contributed by atoms with Gasteiger partial charge in [0.05, 0.1) is 12.5 Å². The maximum absolute atomic E-state index is 12.7. The number of likely N-dealkylation sites (tertiary alicyclic amines) is 1. The fourth-order valence-corrected chi connectivity index (χ4v) is 3.83. The Morgan fingerprint density at radius 3 is 2.48 bits per heavy atom. The zero-order chi connectivity index (χ0) is 17.2. The summed E-state index contributed by atoms with van der Waals surface area (Å²) < 4.78 is -0.446. The second kappa shape index (κ2) is 7.05. The molecule has 1 heterocycles. The summed E-state index contributed by atoms with van der Waals surface area (Å²) in [6.45, 7) is 6.07. The van der Waals surface area contributed by atoms with Gasteiger partial charge >= 0.3 is 12.0 Å². The zero-order valence-corrected chi connectivity index (χ0v) is 14.9. The highest BCUT2D eigenvalue weighted by Gasteiger charge is 2.57. The van der Waals surface area contributed by atoms with Crippen LogP contribution in [0.4, 0.5) is 4.79 Å². The van der Waals surface area contributed by atoms with Crippen LogP contribution in [-0.2, 0) is 11.2 Å². The number of hydrogen-bond acceptors (Lipinski definition) is 3. The fraction of sp³-hybridized carbons (Fsp3) is 0.556. The maximum atomic E-state index is 12.7. The molecule has 2 unspecified atom stereocenters. The van der Waals surface area contributed by atoms with Crippen molar-refractivity contribution in [2.45, 2.75) is 39.7 Å². The smallest absolute Gasteiger partial charge is 0.435 e. The van der Waals surface area contributed by atoms with Crippen molar-refractivity contribution in [2.24, 2.45) is 11.8 Å². The van der Waals surface area contributed by atoms with Crippen LogP contribution >= 0.6 is 12.6 Å². The number of hydrogen-bond donors (Lipinski definition) is 2. The molecule has 1 saturated heterocycles. The summed E-state index contributed by atoms with van der Waals surface area (Å²) in [6.07, 6.45) is 0.550. The predicted molar refractivity (Wildman–Crippen MR) is 93.6 cm³/mol. The van der Waals surface area contributed by atoms with E-state index in [1.807, 2.05) is 13.8 Å². The molecule has 1 aromatic rings. The number of nitrogens with zero attached hydrogens (tertiary/aromatic N) is 1. The topological polar surface area (TPSA) is 54.4 Å². The van der Waals surface area contributed by atoms with Crippen LogP contribution in [0, 0.1) is 18.8 Å². The van der Waals surface area contributed by atoms with Crippen LogP contribution in [0.3, 0.4) is 0 Å². The van der Waals surface area contributed by atoms with E-state index in [1.165, 1.54) is 11.1 Å². The normalized spacial score (nSPS) is 28.5. The third-order valence-corrected chi connectivity index (χ3v) is 5.60. The maximum Gasteiger partial charge on any atom is 0.521 e. The van der Waals surface area contributed by atoms with Crippen LogP contribution in [-0.4, -0.2) is 39.9 Å². The quantitative estimate of drug-likeness (QED) is 0.653. The first-order valence-electron chi connectivity index (χ1n) is 8.13. The van der Waals surface area contributed by atoms with Crippen LogP contribution in [0.1, 0.15) is 31.4 Å². The molecular formula is C18H26NO3S+. The first kappa shape index (κ1) is 18.0. The van der Waals surface area contributed by atoms with Gasteiger partial charge < -0.3 is 5.11 Å². The molecule has 1 aliphatic rings. The summed E-state index contributed by atoms with van der Waals surface area (Å²) in [5.41, 5.74) is 2.41. The average Bonchev–Trinajstić information content (AvgIpc) is 2.85. The Morgan fingerprint density at radius 1 is 1.35 bits per heavy atom. The number of quaternary nitrogens is 1. The van der Waals surface area contributed by atoms with Crippen molar-refractivity contribution in [1.29, 1.82) is 0 Å². The van der Waals surface area contributed by atoms with Crippen LogP contribution < -0.4 is 0 Å². The van der Waals surface area contributed by atoms with Gasteiger partial charge in [0.15, 0.2) is 0 Å². The Balaban J connectivity index is 2.21. The molecular weight excluding hydrogens is 310 g/mol. The van der Waals surface area contributed by atoms with Gasteiger partial charge in [-0.1, -0.05) is 29.8 Å². The molecule has 4 nitrogen and oxygen atoms in total. The molecule has 0 aromatic heterocycles. The van der Waals surface area contributed by atoms with Crippen LogP contribution in [0.15, 0.2) is 24.3 Å². The number of rotatable bonds is 4. The lowest BCUT2D eigenvalue weighted by atomic mass is 9.96. The van der Waals surface area contributed by atoms with Crippen LogP contribution in [0.5, 0.6) is 0 Å². The minimum atomic E-state index is -1.03. The van der Waals surface area contributed by atoms with Crippen molar-refractivity contribution in [1.82, 2.24) is 0 Å². The Morgan fingerprint density at radius 2 is 1.96 bits per heavy atom. The Labute approximate surface area is 143 Å². The van der Waals surface area contributed by atoms with Crippen molar-refractivity contribution in [3.63, 3.8) is 0 Å². The summed E-state index contributed by atoms with van der Waals surface area (Å²) >= 11 is 4.17. The monoisotopic (exact) mass is 336 g/mol. The van der Waals surface area contributed by atoms with E-state index in [-0.39, 0.29) is 23.8 Å². The van der Waals surface area contributed by atoms with E-state index >= 15 is 0 Å². The molecule has 2 amide bonds. The number of imide groups is 1. The molecule has 1 aromatic carbocycles. The van der Waals surface area contributed by atoms with Gasteiger partial charge in [0.2, 0.25) is 0 Å². The number of amides is 2. The molecule has 2 rings (SSSR count). The molecule has 0 spiro atoms. The molecule has 1 fully saturated rings. The fourth-order valence-electron chi connectivity index (χ4n) is 3.67. The third kappa shape index (κ3) is 3.45. The van der Waals surface area contributed by atoms with Crippen LogP contribution in [0.2, 0.25) is 0 Å². The second-order valence-corrected chi connectivity index (χ2v) is 7.26. The Bertz CT molecular complexity index is 586. The minimum Gasteiger partial charge on any atom is -0.435 e. The largest absolute Gasteiger partial charge is 0.521 e. The number of carbonyl (C=O) groups is 2. The predicted octanol–water partition coefficient (Wildman–Crippen LogP) is 3.53. The number of benzene rings is 1. The number of thiol groups is 1. The highest BCUT2D eigenvalue weighted by molar-refractivity contribution is 7.80. The van der Waals surface area contributed by atoms with Gasteiger partial charge in [0.1, 0.15) is 6.04 Å². The molecule has 0 bridgehead atoms. The minimum absolute atomic E-state index is 0.196. The van der Waals surface area contributed by atoms with Gasteiger partial charge in [-0.3, -0.25) is 0 Å². The molecule has 23 heavy (non-hydrogen) atoms. The summed E-state index contributed by atoms with van der Waals surface area (Å²) in [7, 11) is 0. The highest BCUT2D eigenvalue weighted by atomic mass is 32.1. The van der Waals surface area contributed by atoms with Crippen molar-refractivity contribution < 1.29 is 19.2 Å². The van der Waals surface area contributed by atoms with Crippen molar-refractivity contribution in [3.8, 4) is 0 Å². The summed E-state index contributed by atoms with van der Waals surface area (Å²) in [5.74, 6) is 0.0165. The Kier molecular flexibility index (Phi) is 5.53. The van der Waals surface area contributed by atoms with Crippen molar-refractivity contribution >= 4 is 24.6 Å². The summed E-state index contributed by atoms with van der Waals surface area (Å²) in [4.78, 5) is 24.7. The number of aryl methyl sites for hydroxylation is 1. The van der Waals surface area contributed by atoms with Crippen molar-refractivity contribution in [3.05, 3.63) is 35.4 Å². The Hall–Kier alpha value is -1.33. The number of carboxylic acid groups (broad SMARTS) is 1. The van der Waals surface area contributed by atoms with Gasteiger partial charge in [-0.2, -0.15) is 21.9 Å². The van der Waals surface area contributed by atoms with Gasteiger partial charge in [-0.15, -0.1) is 0 Å². The van der Waals surface area contributed by atoms with Crippen molar-refractivity contribution in [2.75, 3.05) is 12.3 Å². The van der Waals surface area contributed by atoms with E-state index in [0.29, 0.717) is 12.3 Å². The number of carbonyl (C=O) groups excluding carboxylic acids is 1. The van der Waals surface area contributed by atoms with E-state index in [1.54, 1.807) is 6.92 Å². The molecule has 1 N–H and O–H groups in total. The molecule has 0 aliphatic carbocycles. The molecule has 0 radical (unpaired) electrons. The van der Waals surface area contributed by atoms with E-state index in [2.05, 4.69) is 36.9 Å². The van der Waals surface area contributed by atoms with Gasteiger partial charge in [-0.05, 0) is 32.8 Å². The van der Waals surface area contributed by atoms with Gasteiger partial charge in [-0.25, -0.2) is 4.79 Å². The average molecular weight is 336 g/mol. The second-order valence-electron chi connectivity index (χ2n) is 6.90. The lowest BCUT2D eigenvalue weighted by Crippen LogP contribution is -2.60. The lowest BCUT2D eigenvalue weighted by molar-refractivity contribution is -0.795. The summed E-state index contributed by atoms with van der Waals surface area (Å²) in [5, 5.41) is 9.80. The van der Waals surface area contributed by atoms with E-state index in [0.717, 1.165) is 12.8 Å². The molecule has 5 heteroatoms. The SMILES string of the molecule is Cc1ccc(C[C@H]2CC(C)[N@+](C(=O)O)(C(=O)C(C)CS)C2)cc1. The third-order valence-electron chi connectivity index (χ3n) is 5.05. The molecule has 4 atom stereocenters.